The molecule has 0 N–H and O–H groups in total. The first kappa shape index (κ1) is 14.8. The highest BCUT2D eigenvalue weighted by molar-refractivity contribution is 5.75. The average Bonchev–Trinajstić information content (AvgIpc) is 3.17. The predicted molar refractivity (Wildman–Crippen MR) is 79.0 cm³/mol. The third kappa shape index (κ3) is 2.92. The van der Waals surface area contributed by atoms with Crippen molar-refractivity contribution in [2.24, 2.45) is 0 Å². The van der Waals surface area contributed by atoms with Gasteiger partial charge in [0, 0.05) is 6.54 Å². The lowest BCUT2D eigenvalue weighted by atomic mass is 10.0. The monoisotopic (exact) mass is 304 g/mol. The number of methoxy groups -OCH3 is 1. The molecule has 0 aliphatic carbocycles. The summed E-state index contributed by atoms with van der Waals surface area (Å²) in [7, 11) is 1.44. The Hall–Kier alpha value is -2.08. The van der Waals surface area contributed by atoms with Gasteiger partial charge in [-0.2, -0.15) is 0 Å². The third-order valence-corrected chi connectivity index (χ3v) is 4.06. The lowest BCUT2D eigenvalue weighted by Gasteiger charge is -2.33. The number of likely N-dealkylation sites (tertiary alicyclic amines) is 1. The Morgan fingerprint density at radius 1 is 1.50 bits per heavy atom. The molecule has 1 fully saturated rings. The molecule has 1 aliphatic rings. The lowest BCUT2D eigenvalue weighted by molar-refractivity contribution is -0.148. The van der Waals surface area contributed by atoms with E-state index in [9.17, 15) is 4.79 Å². The van der Waals surface area contributed by atoms with E-state index in [0.717, 1.165) is 37.3 Å². The molecule has 1 saturated heterocycles. The molecule has 0 spiro atoms. The van der Waals surface area contributed by atoms with Gasteiger partial charge < -0.3 is 13.6 Å². The highest BCUT2D eigenvalue weighted by Crippen LogP contribution is 2.25. The molecule has 1 aliphatic heterocycles. The average molecular weight is 304 g/mol. The third-order valence-electron chi connectivity index (χ3n) is 4.06. The van der Waals surface area contributed by atoms with Crippen LogP contribution in [0.15, 0.2) is 27.2 Å². The van der Waals surface area contributed by atoms with Gasteiger partial charge in [-0.3, -0.25) is 9.69 Å². The summed E-state index contributed by atoms with van der Waals surface area (Å²) >= 11 is 0. The van der Waals surface area contributed by atoms with Crippen molar-refractivity contribution in [2.45, 2.75) is 38.8 Å². The number of carbonyl (C=O) groups is 1. The molecule has 1 atom stereocenters. The fourth-order valence-corrected chi connectivity index (χ4v) is 2.86. The van der Waals surface area contributed by atoms with Gasteiger partial charge in [0.2, 0.25) is 0 Å². The molecule has 22 heavy (non-hydrogen) atoms. The van der Waals surface area contributed by atoms with Gasteiger partial charge >= 0.3 is 5.97 Å². The molecule has 0 unspecified atom stereocenters. The minimum Gasteiger partial charge on any atom is -0.468 e. The molecular formula is C16H20N2O4. The van der Waals surface area contributed by atoms with E-state index >= 15 is 0 Å². The minimum atomic E-state index is -0.193. The van der Waals surface area contributed by atoms with Crippen LogP contribution in [0.1, 0.15) is 30.7 Å². The second-order valence-corrected chi connectivity index (χ2v) is 5.50. The number of aryl methyl sites for hydroxylation is 1. The van der Waals surface area contributed by atoms with Crippen LogP contribution in [-0.2, 0) is 16.1 Å². The SMILES string of the molecule is COC(=O)[C@H]1CCCCN1Cc1nc(-c2ccco2)oc1C. The molecule has 3 heterocycles. The predicted octanol–water partition coefficient (Wildman–Crippen LogP) is 2.77. The Morgan fingerprint density at radius 3 is 3.09 bits per heavy atom. The smallest absolute Gasteiger partial charge is 0.323 e. The number of piperidine rings is 1. The fraction of sp³-hybridized carbons (Fsp3) is 0.500. The molecule has 6 heteroatoms. The van der Waals surface area contributed by atoms with E-state index in [1.165, 1.54) is 7.11 Å². The van der Waals surface area contributed by atoms with Crippen molar-refractivity contribution < 1.29 is 18.4 Å². The quantitative estimate of drug-likeness (QED) is 0.809. The van der Waals surface area contributed by atoms with E-state index in [0.29, 0.717) is 18.2 Å². The van der Waals surface area contributed by atoms with Crippen LogP contribution < -0.4 is 0 Å². The van der Waals surface area contributed by atoms with Crippen molar-refractivity contribution in [1.29, 1.82) is 0 Å². The number of aromatic nitrogens is 1. The lowest BCUT2D eigenvalue weighted by Crippen LogP contribution is -2.44. The van der Waals surface area contributed by atoms with E-state index in [1.807, 2.05) is 13.0 Å². The van der Waals surface area contributed by atoms with E-state index in [1.54, 1.807) is 12.3 Å². The highest BCUT2D eigenvalue weighted by atomic mass is 16.5. The van der Waals surface area contributed by atoms with Crippen LogP contribution in [0.3, 0.4) is 0 Å². The number of carbonyl (C=O) groups excluding carboxylic acids is 1. The summed E-state index contributed by atoms with van der Waals surface area (Å²) < 4.78 is 15.9. The molecule has 3 rings (SSSR count). The molecule has 0 saturated carbocycles. The second-order valence-electron chi connectivity index (χ2n) is 5.50. The first-order valence-electron chi connectivity index (χ1n) is 7.51. The summed E-state index contributed by atoms with van der Waals surface area (Å²) in [6.07, 6.45) is 4.54. The maximum Gasteiger partial charge on any atom is 0.323 e. The van der Waals surface area contributed by atoms with Gasteiger partial charge in [0.15, 0.2) is 5.76 Å². The minimum absolute atomic E-state index is 0.174. The van der Waals surface area contributed by atoms with Gasteiger partial charge in [-0.05, 0) is 38.4 Å². The normalized spacial score (nSPS) is 19.3. The fourth-order valence-electron chi connectivity index (χ4n) is 2.86. The van der Waals surface area contributed by atoms with E-state index in [2.05, 4.69) is 9.88 Å². The molecule has 118 valence electrons. The van der Waals surface area contributed by atoms with Crippen LogP contribution in [0, 0.1) is 6.92 Å². The zero-order valence-corrected chi connectivity index (χ0v) is 12.9. The van der Waals surface area contributed by atoms with Crippen LogP contribution in [0.5, 0.6) is 0 Å². The summed E-state index contributed by atoms with van der Waals surface area (Å²) in [5, 5.41) is 0. The van der Waals surface area contributed by atoms with Crippen molar-refractivity contribution in [3.05, 3.63) is 29.9 Å². The number of hydrogen-bond acceptors (Lipinski definition) is 6. The van der Waals surface area contributed by atoms with Gasteiger partial charge in [0.05, 0.1) is 19.1 Å². The van der Waals surface area contributed by atoms with E-state index in [-0.39, 0.29) is 12.0 Å². The van der Waals surface area contributed by atoms with Crippen molar-refractivity contribution >= 4 is 5.97 Å². The molecule has 0 radical (unpaired) electrons. The van der Waals surface area contributed by atoms with Crippen molar-refractivity contribution in [3.63, 3.8) is 0 Å². The van der Waals surface area contributed by atoms with Gasteiger partial charge in [-0.1, -0.05) is 6.42 Å². The van der Waals surface area contributed by atoms with E-state index in [4.69, 9.17) is 13.6 Å². The van der Waals surface area contributed by atoms with Crippen LogP contribution in [0.25, 0.3) is 11.7 Å². The molecule has 0 aromatic carbocycles. The Balaban J connectivity index is 1.78. The van der Waals surface area contributed by atoms with Gasteiger partial charge in [-0.15, -0.1) is 0 Å². The standard InChI is InChI=1S/C16H20N2O4/c1-11-12(17-15(22-11)14-7-5-9-21-14)10-18-8-4-3-6-13(18)16(19)20-2/h5,7,9,13H,3-4,6,8,10H2,1-2H3/t13-/m1/s1. The molecule has 6 nitrogen and oxygen atoms in total. The summed E-state index contributed by atoms with van der Waals surface area (Å²) in [5.41, 5.74) is 0.835. The van der Waals surface area contributed by atoms with E-state index < -0.39 is 0 Å². The Morgan fingerprint density at radius 2 is 2.36 bits per heavy atom. The van der Waals surface area contributed by atoms with Crippen LogP contribution >= 0.6 is 0 Å². The van der Waals surface area contributed by atoms with Crippen LogP contribution in [0.4, 0.5) is 0 Å². The molecule has 0 bridgehead atoms. The molecule has 2 aromatic rings. The topological polar surface area (TPSA) is 68.7 Å². The summed E-state index contributed by atoms with van der Waals surface area (Å²) in [4.78, 5) is 18.6. The summed E-state index contributed by atoms with van der Waals surface area (Å²) in [6, 6.07) is 3.42. The number of furan rings is 1. The van der Waals surface area contributed by atoms with Crippen LogP contribution in [0.2, 0.25) is 0 Å². The number of rotatable bonds is 4. The number of nitrogens with zero attached hydrogens (tertiary/aromatic N) is 2. The van der Waals surface area contributed by atoms with Crippen molar-refractivity contribution in [2.75, 3.05) is 13.7 Å². The Kier molecular flexibility index (Phi) is 4.29. The van der Waals surface area contributed by atoms with Crippen molar-refractivity contribution in [3.8, 4) is 11.7 Å². The highest BCUT2D eigenvalue weighted by Gasteiger charge is 2.30. The number of ether oxygens (including phenoxy) is 1. The first-order chi connectivity index (χ1) is 10.7. The maximum atomic E-state index is 11.9. The van der Waals surface area contributed by atoms with Gasteiger partial charge in [0.1, 0.15) is 11.8 Å². The number of hydrogen-bond donors (Lipinski definition) is 0. The molecular weight excluding hydrogens is 284 g/mol. The van der Waals surface area contributed by atoms with Crippen LogP contribution in [-0.4, -0.2) is 35.5 Å². The maximum absolute atomic E-state index is 11.9. The Bertz CT molecular complexity index is 633. The second kappa shape index (κ2) is 6.36. The molecule has 2 aromatic heterocycles. The van der Waals surface area contributed by atoms with Crippen molar-refractivity contribution in [1.82, 2.24) is 9.88 Å². The summed E-state index contributed by atoms with van der Waals surface area (Å²) in [5.74, 6) is 1.66. The van der Waals surface area contributed by atoms with Gasteiger partial charge in [-0.25, -0.2) is 4.98 Å². The summed E-state index contributed by atoms with van der Waals surface area (Å²) in [6.45, 7) is 3.32. The van der Waals surface area contributed by atoms with Gasteiger partial charge in [0.25, 0.3) is 5.89 Å². The number of esters is 1. The zero-order valence-electron chi connectivity index (χ0n) is 12.9. The first-order valence-corrected chi connectivity index (χ1v) is 7.51. The zero-order chi connectivity index (χ0) is 15.5. The molecule has 0 amide bonds. The largest absolute Gasteiger partial charge is 0.468 e. The number of oxazole rings is 1. The Labute approximate surface area is 129 Å².